The number of carbonyl (C=O) groups excluding carboxylic acids is 1. The summed E-state index contributed by atoms with van der Waals surface area (Å²) < 4.78 is 24.8. The van der Waals surface area contributed by atoms with Gasteiger partial charge in [-0.25, -0.2) is 13.8 Å². The lowest BCUT2D eigenvalue weighted by Crippen LogP contribution is -2.39. The van der Waals surface area contributed by atoms with Crippen LogP contribution in [0, 0.1) is 17.0 Å². The molecule has 0 aliphatic heterocycles. The Morgan fingerprint density at radius 1 is 1.26 bits per heavy atom. The largest absolute Gasteiger partial charge is 0.271 e. The van der Waals surface area contributed by atoms with Gasteiger partial charge in [0, 0.05) is 12.1 Å². The van der Waals surface area contributed by atoms with Gasteiger partial charge in [0.1, 0.15) is 6.54 Å². The van der Waals surface area contributed by atoms with Crippen molar-refractivity contribution in [2.75, 3.05) is 17.1 Å². The lowest BCUT2D eigenvalue weighted by Gasteiger charge is -2.21. The van der Waals surface area contributed by atoms with Crippen LogP contribution in [0.2, 0.25) is 0 Å². The highest BCUT2D eigenvalue weighted by Gasteiger charge is 2.22. The molecular weight excluding hydrogens is 372 g/mol. The summed E-state index contributed by atoms with van der Waals surface area (Å²) in [5.41, 5.74) is 3.83. The van der Waals surface area contributed by atoms with Crippen molar-refractivity contribution in [1.29, 1.82) is 0 Å². The predicted molar refractivity (Wildman–Crippen MR) is 102 cm³/mol. The smallest absolute Gasteiger partial charge is 0.271 e. The molecule has 0 bridgehead atoms. The van der Waals surface area contributed by atoms with Gasteiger partial charge in [-0.15, -0.1) is 0 Å². The van der Waals surface area contributed by atoms with Crippen LogP contribution in [0.15, 0.2) is 53.6 Å². The average Bonchev–Trinajstić information content (AvgIpc) is 2.60. The number of hydrogen-bond donors (Lipinski definition) is 1. The van der Waals surface area contributed by atoms with Crippen molar-refractivity contribution in [3.63, 3.8) is 0 Å². The molecule has 9 nitrogen and oxygen atoms in total. The molecular formula is C17H18N4O5S. The molecule has 0 aliphatic rings. The van der Waals surface area contributed by atoms with Crippen molar-refractivity contribution < 1.29 is 18.1 Å². The Bertz CT molecular complexity index is 971. The molecule has 2 aromatic carbocycles. The van der Waals surface area contributed by atoms with Crippen LogP contribution in [0.25, 0.3) is 0 Å². The number of benzene rings is 2. The van der Waals surface area contributed by atoms with E-state index in [1.165, 1.54) is 24.4 Å². The highest BCUT2D eigenvalue weighted by Crippen LogP contribution is 2.22. The highest BCUT2D eigenvalue weighted by molar-refractivity contribution is 7.92. The molecule has 1 N–H and O–H groups in total. The molecule has 2 aromatic rings. The molecule has 0 aromatic heterocycles. The van der Waals surface area contributed by atoms with Gasteiger partial charge in [0.05, 0.1) is 23.1 Å². The number of hydrazone groups is 1. The Kier molecular flexibility index (Phi) is 6.24. The molecule has 0 fully saturated rings. The first-order valence-corrected chi connectivity index (χ1v) is 9.62. The zero-order valence-electron chi connectivity index (χ0n) is 14.7. The number of nitro benzene ring substituents is 1. The number of hydrogen-bond acceptors (Lipinski definition) is 6. The molecule has 0 saturated heterocycles. The van der Waals surface area contributed by atoms with Gasteiger partial charge >= 0.3 is 0 Å². The molecule has 27 heavy (non-hydrogen) atoms. The van der Waals surface area contributed by atoms with Gasteiger partial charge in [-0.2, -0.15) is 5.10 Å². The third kappa shape index (κ3) is 5.89. The number of nitro groups is 1. The third-order valence-electron chi connectivity index (χ3n) is 3.50. The summed E-state index contributed by atoms with van der Waals surface area (Å²) in [4.78, 5) is 22.3. The van der Waals surface area contributed by atoms with E-state index in [9.17, 15) is 23.3 Å². The summed E-state index contributed by atoms with van der Waals surface area (Å²) in [5.74, 6) is -0.685. The van der Waals surface area contributed by atoms with Crippen LogP contribution in [0.4, 0.5) is 11.4 Å². The fourth-order valence-electron chi connectivity index (χ4n) is 2.16. The summed E-state index contributed by atoms with van der Waals surface area (Å²) in [6.45, 7) is 1.38. The second-order valence-electron chi connectivity index (χ2n) is 5.75. The van der Waals surface area contributed by atoms with E-state index < -0.39 is 27.4 Å². The minimum atomic E-state index is -3.84. The fourth-order valence-corrected chi connectivity index (χ4v) is 3.01. The molecule has 10 heteroatoms. The molecule has 0 atom stereocenters. The van der Waals surface area contributed by atoms with E-state index in [2.05, 4.69) is 10.5 Å². The van der Waals surface area contributed by atoms with Crippen molar-refractivity contribution in [2.45, 2.75) is 6.92 Å². The zero-order valence-corrected chi connectivity index (χ0v) is 15.5. The number of carbonyl (C=O) groups is 1. The summed E-state index contributed by atoms with van der Waals surface area (Å²) in [5, 5.41) is 14.7. The maximum Gasteiger partial charge on any atom is 0.271 e. The molecule has 0 aliphatic carbocycles. The Morgan fingerprint density at radius 2 is 1.93 bits per heavy atom. The van der Waals surface area contributed by atoms with Crippen LogP contribution in [-0.2, 0) is 14.8 Å². The molecule has 1 amide bonds. The van der Waals surface area contributed by atoms with Crippen LogP contribution in [0.5, 0.6) is 0 Å². The number of non-ortho nitro benzene ring substituents is 1. The Labute approximate surface area is 156 Å². The first kappa shape index (κ1) is 20.0. The summed E-state index contributed by atoms with van der Waals surface area (Å²) in [6.07, 6.45) is 2.34. The van der Waals surface area contributed by atoms with E-state index in [-0.39, 0.29) is 11.4 Å². The number of aryl methyl sites for hydroxylation is 1. The number of rotatable bonds is 7. The van der Waals surface area contributed by atoms with Crippen LogP contribution < -0.4 is 9.73 Å². The highest BCUT2D eigenvalue weighted by atomic mass is 32.2. The quantitative estimate of drug-likeness (QED) is 0.439. The Hall–Kier alpha value is -3.27. The summed E-state index contributed by atoms with van der Waals surface area (Å²) >= 11 is 0. The minimum absolute atomic E-state index is 0.0179. The SMILES string of the molecule is Cc1ccc(/C=N\NC(=O)CN(c2cccc([N+](=O)[O-])c2)S(C)(=O)=O)cc1. The van der Waals surface area contributed by atoms with Crippen LogP contribution in [0.3, 0.4) is 0 Å². The normalized spacial score (nSPS) is 11.3. The van der Waals surface area contributed by atoms with Crippen molar-refractivity contribution >= 4 is 33.5 Å². The van der Waals surface area contributed by atoms with Crippen LogP contribution >= 0.6 is 0 Å². The van der Waals surface area contributed by atoms with Gasteiger partial charge in [-0.1, -0.05) is 35.9 Å². The maximum atomic E-state index is 12.1. The predicted octanol–water partition coefficient (Wildman–Crippen LogP) is 1.82. The molecule has 0 saturated carbocycles. The van der Waals surface area contributed by atoms with E-state index in [1.807, 2.05) is 31.2 Å². The van der Waals surface area contributed by atoms with Gasteiger partial charge < -0.3 is 0 Å². The van der Waals surface area contributed by atoms with Gasteiger partial charge in [0.15, 0.2) is 0 Å². The monoisotopic (exact) mass is 390 g/mol. The number of nitrogens with zero attached hydrogens (tertiary/aromatic N) is 3. The molecule has 0 spiro atoms. The first-order chi connectivity index (χ1) is 12.7. The minimum Gasteiger partial charge on any atom is -0.271 e. The van der Waals surface area contributed by atoms with E-state index in [0.29, 0.717) is 0 Å². The van der Waals surface area contributed by atoms with Crippen molar-refractivity contribution in [3.8, 4) is 0 Å². The van der Waals surface area contributed by atoms with E-state index in [1.54, 1.807) is 0 Å². The first-order valence-electron chi connectivity index (χ1n) is 7.77. The molecule has 0 unspecified atom stereocenters. The topological polar surface area (TPSA) is 122 Å². The second kappa shape index (κ2) is 8.41. The van der Waals surface area contributed by atoms with Gasteiger partial charge in [0.25, 0.3) is 11.6 Å². The molecule has 0 radical (unpaired) electrons. The zero-order chi connectivity index (χ0) is 20.0. The summed E-state index contributed by atoms with van der Waals surface area (Å²) in [6, 6.07) is 12.4. The van der Waals surface area contributed by atoms with Crippen LogP contribution in [0.1, 0.15) is 11.1 Å². The van der Waals surface area contributed by atoms with E-state index in [0.717, 1.165) is 27.8 Å². The summed E-state index contributed by atoms with van der Waals surface area (Å²) in [7, 11) is -3.84. The average molecular weight is 390 g/mol. The van der Waals surface area contributed by atoms with Gasteiger partial charge in [0.2, 0.25) is 10.0 Å². The number of sulfonamides is 1. The number of amides is 1. The van der Waals surface area contributed by atoms with E-state index in [4.69, 9.17) is 0 Å². The molecule has 0 heterocycles. The van der Waals surface area contributed by atoms with Gasteiger partial charge in [-0.3, -0.25) is 19.2 Å². The van der Waals surface area contributed by atoms with Crippen molar-refractivity contribution in [1.82, 2.24) is 5.43 Å². The lowest BCUT2D eigenvalue weighted by atomic mass is 10.2. The molecule has 2 rings (SSSR count). The Balaban J connectivity index is 2.12. The molecule has 142 valence electrons. The van der Waals surface area contributed by atoms with Gasteiger partial charge in [-0.05, 0) is 18.6 Å². The maximum absolute atomic E-state index is 12.1. The lowest BCUT2D eigenvalue weighted by molar-refractivity contribution is -0.384. The van der Waals surface area contributed by atoms with E-state index >= 15 is 0 Å². The number of nitrogens with one attached hydrogen (secondary N) is 1. The second-order valence-corrected chi connectivity index (χ2v) is 7.66. The van der Waals surface area contributed by atoms with Crippen molar-refractivity contribution in [3.05, 3.63) is 69.8 Å². The third-order valence-corrected chi connectivity index (χ3v) is 4.64. The van der Waals surface area contributed by atoms with Crippen molar-refractivity contribution in [2.24, 2.45) is 5.10 Å². The van der Waals surface area contributed by atoms with Crippen LogP contribution in [-0.4, -0.2) is 38.3 Å². The Morgan fingerprint density at radius 3 is 2.52 bits per heavy atom. The fraction of sp³-hybridized carbons (Fsp3) is 0.176. The number of anilines is 1. The standard InChI is InChI=1S/C17H18N4O5S/c1-13-6-8-14(9-7-13)11-18-19-17(22)12-20(27(2,25)26)15-4-3-5-16(10-15)21(23)24/h3-11H,12H2,1-2H3,(H,19,22)/b18-11-.